The fourth-order valence-corrected chi connectivity index (χ4v) is 5.03. The van der Waals surface area contributed by atoms with Crippen molar-refractivity contribution in [2.75, 3.05) is 13.1 Å². The maximum atomic E-state index is 13.5. The Bertz CT molecular complexity index is 959. The number of ether oxygens (including phenoxy) is 2. The molecule has 0 radical (unpaired) electrons. The molecule has 8 heteroatoms. The third-order valence-corrected chi connectivity index (χ3v) is 6.60. The molecule has 3 unspecified atom stereocenters. The van der Waals surface area contributed by atoms with Crippen molar-refractivity contribution in [1.29, 1.82) is 0 Å². The summed E-state index contributed by atoms with van der Waals surface area (Å²) in [5.41, 5.74) is -0.616. The maximum absolute atomic E-state index is 13.5. The molecule has 3 heterocycles. The Morgan fingerprint density at radius 3 is 2.84 bits per heavy atom. The number of rotatable bonds is 5. The van der Waals surface area contributed by atoms with E-state index in [-0.39, 0.29) is 12.5 Å². The van der Waals surface area contributed by atoms with Gasteiger partial charge in [0.25, 0.3) is 0 Å². The van der Waals surface area contributed by atoms with Gasteiger partial charge in [0.1, 0.15) is 11.9 Å². The summed E-state index contributed by atoms with van der Waals surface area (Å²) in [7, 11) is 0. The van der Waals surface area contributed by atoms with Crippen molar-refractivity contribution in [3.8, 4) is 0 Å². The van der Waals surface area contributed by atoms with Crippen LogP contribution in [0.3, 0.4) is 0 Å². The number of aliphatic hydroxyl groups is 2. The summed E-state index contributed by atoms with van der Waals surface area (Å²) < 4.78 is 11.4. The zero-order chi connectivity index (χ0) is 23.2. The highest BCUT2D eigenvalue weighted by Gasteiger charge is 2.58. The van der Waals surface area contributed by atoms with Crippen LogP contribution in [0.4, 0.5) is 0 Å². The Hall–Kier alpha value is -2.55. The number of Topliss-reactive ketones (excluding diaryl/α,β-unsaturated/α-hetero) is 1. The third kappa shape index (κ3) is 3.66. The number of piperidine rings is 2. The Labute approximate surface area is 186 Å². The van der Waals surface area contributed by atoms with Crippen LogP contribution in [0.1, 0.15) is 33.6 Å². The van der Waals surface area contributed by atoms with E-state index in [0.717, 1.165) is 5.57 Å². The van der Waals surface area contributed by atoms with Crippen molar-refractivity contribution in [3.63, 3.8) is 0 Å². The first-order valence-electron chi connectivity index (χ1n) is 11.0. The minimum atomic E-state index is -1.93. The van der Waals surface area contributed by atoms with Crippen LogP contribution in [0.5, 0.6) is 0 Å². The molecule has 0 bridgehead atoms. The molecular formula is C24H29NO7. The molecule has 1 aliphatic carbocycles. The number of carbonyl (C=O) groups is 3. The van der Waals surface area contributed by atoms with E-state index in [1.54, 1.807) is 6.08 Å². The van der Waals surface area contributed by atoms with Crippen molar-refractivity contribution in [2.45, 2.75) is 63.6 Å². The van der Waals surface area contributed by atoms with Gasteiger partial charge in [0.2, 0.25) is 11.4 Å². The number of ketones is 2. The second-order valence-electron chi connectivity index (χ2n) is 8.98. The lowest BCUT2D eigenvalue weighted by Crippen LogP contribution is -2.62. The topological polar surface area (TPSA) is 113 Å². The maximum Gasteiger partial charge on any atom is 0.309 e. The number of fused-ring (bicyclic) bond motifs is 2. The Morgan fingerprint density at radius 2 is 2.16 bits per heavy atom. The quantitative estimate of drug-likeness (QED) is 0.367. The number of esters is 1. The molecule has 0 aromatic heterocycles. The van der Waals surface area contributed by atoms with Crippen LogP contribution in [0.25, 0.3) is 0 Å². The molecule has 8 nitrogen and oxygen atoms in total. The predicted octanol–water partition coefficient (Wildman–Crippen LogP) is 0.988. The normalized spacial score (nSPS) is 35.6. The molecule has 4 rings (SSSR count). The molecule has 3 aliphatic heterocycles. The number of hydrogen-bond donors (Lipinski definition) is 2. The summed E-state index contributed by atoms with van der Waals surface area (Å²) in [6.07, 6.45) is 6.87. The van der Waals surface area contributed by atoms with Crippen LogP contribution in [0.2, 0.25) is 0 Å². The number of hydrogen-bond acceptors (Lipinski definition) is 8. The van der Waals surface area contributed by atoms with Crippen molar-refractivity contribution >= 4 is 17.5 Å². The molecule has 2 saturated heterocycles. The predicted molar refractivity (Wildman–Crippen MR) is 114 cm³/mol. The van der Waals surface area contributed by atoms with E-state index in [9.17, 15) is 24.6 Å². The van der Waals surface area contributed by atoms with Crippen LogP contribution >= 0.6 is 0 Å². The molecule has 2 fully saturated rings. The van der Waals surface area contributed by atoms with Crippen LogP contribution in [0, 0.1) is 5.92 Å². The molecule has 0 aromatic rings. The van der Waals surface area contributed by atoms with Gasteiger partial charge in [-0.15, -0.1) is 0 Å². The monoisotopic (exact) mass is 443 g/mol. The van der Waals surface area contributed by atoms with Crippen molar-refractivity contribution in [2.24, 2.45) is 5.92 Å². The van der Waals surface area contributed by atoms with Crippen LogP contribution in [-0.4, -0.2) is 75.7 Å². The fraction of sp³-hybridized carbons (Fsp3) is 0.542. The van der Waals surface area contributed by atoms with Gasteiger partial charge in [-0.3, -0.25) is 19.3 Å². The fourth-order valence-electron chi connectivity index (χ4n) is 5.03. The van der Waals surface area contributed by atoms with E-state index in [1.165, 1.54) is 19.9 Å². The first kappa shape index (κ1) is 22.6. The van der Waals surface area contributed by atoms with Gasteiger partial charge in [-0.1, -0.05) is 18.2 Å². The largest absolute Gasteiger partial charge is 0.485 e. The number of carbonyl (C=O) groups excluding carboxylic acids is 3. The zero-order valence-electron chi connectivity index (χ0n) is 18.5. The molecule has 4 aliphatic rings. The van der Waals surface area contributed by atoms with E-state index >= 15 is 0 Å². The first-order valence-corrected chi connectivity index (χ1v) is 11.0. The van der Waals surface area contributed by atoms with E-state index < -0.39 is 47.4 Å². The van der Waals surface area contributed by atoms with Gasteiger partial charge in [-0.05, 0) is 44.9 Å². The lowest BCUT2D eigenvalue weighted by atomic mass is 9.69. The second-order valence-corrected chi connectivity index (χ2v) is 8.98. The van der Waals surface area contributed by atoms with Gasteiger partial charge in [-0.2, -0.15) is 0 Å². The van der Waals surface area contributed by atoms with Crippen LogP contribution in [0.15, 0.2) is 47.3 Å². The SMILES string of the molecule is C/C=C/C=C/C1=C2C3=CC(=O)C(C)(OC(=O)CC(C)O)C(=O)C3CN3CC[C@H](O)[C@H](O1)[C@@H]23. The van der Waals surface area contributed by atoms with Gasteiger partial charge >= 0.3 is 5.97 Å². The number of nitrogens with zero attached hydrogens (tertiary/aromatic N) is 1. The molecule has 0 saturated carbocycles. The minimum absolute atomic E-state index is 0.241. The van der Waals surface area contributed by atoms with Crippen LogP contribution < -0.4 is 0 Å². The second kappa shape index (κ2) is 8.42. The number of allylic oxidation sites excluding steroid dienone is 4. The molecule has 0 amide bonds. The van der Waals surface area contributed by atoms with Crippen LogP contribution in [-0.2, 0) is 23.9 Å². The summed E-state index contributed by atoms with van der Waals surface area (Å²) in [4.78, 5) is 40.9. The standard InChI is InChI=1S/C24H29NO7/c1-4-5-6-7-17-20-14-11-18(28)24(3,32-19(29)10-13(2)26)23(30)15(14)12-25-9-8-16(27)22(31-17)21(20)25/h4-7,11,13,15-16,21-22,26-27H,8-10,12H2,1-3H3/b5-4+,7-6+/t13?,15?,16-,21+,22-,24?/m0/s1. The molecule has 2 N–H and O–H groups in total. The average Bonchev–Trinajstić information content (AvgIpc) is 3.11. The highest BCUT2D eigenvalue weighted by molar-refractivity contribution is 6.20. The van der Waals surface area contributed by atoms with Gasteiger partial charge in [0, 0.05) is 18.7 Å². The van der Waals surface area contributed by atoms with Gasteiger partial charge in [-0.25, -0.2) is 0 Å². The van der Waals surface area contributed by atoms with Gasteiger partial charge in [0.15, 0.2) is 5.78 Å². The first-order chi connectivity index (χ1) is 15.2. The van der Waals surface area contributed by atoms with E-state index in [1.807, 2.05) is 25.2 Å². The minimum Gasteiger partial charge on any atom is -0.485 e. The Morgan fingerprint density at radius 1 is 1.41 bits per heavy atom. The van der Waals surface area contributed by atoms with Gasteiger partial charge < -0.3 is 19.7 Å². The summed E-state index contributed by atoms with van der Waals surface area (Å²) in [5, 5.41) is 20.0. The highest BCUT2D eigenvalue weighted by atomic mass is 16.6. The lowest BCUT2D eigenvalue weighted by molar-refractivity contribution is -0.173. The molecule has 0 aromatic carbocycles. The molecular weight excluding hydrogens is 414 g/mol. The van der Waals surface area contributed by atoms with E-state index in [4.69, 9.17) is 9.47 Å². The molecule has 172 valence electrons. The highest BCUT2D eigenvalue weighted by Crippen LogP contribution is 2.48. The zero-order valence-corrected chi connectivity index (χ0v) is 18.5. The summed E-state index contributed by atoms with van der Waals surface area (Å²) in [6, 6.07) is -0.241. The summed E-state index contributed by atoms with van der Waals surface area (Å²) in [6.45, 7) is 5.59. The number of aliphatic hydroxyl groups excluding tert-OH is 2. The van der Waals surface area contributed by atoms with Gasteiger partial charge in [0.05, 0.1) is 30.6 Å². The smallest absolute Gasteiger partial charge is 0.309 e. The average molecular weight is 443 g/mol. The summed E-state index contributed by atoms with van der Waals surface area (Å²) in [5.74, 6) is -2.00. The lowest BCUT2D eigenvalue weighted by Gasteiger charge is -2.48. The summed E-state index contributed by atoms with van der Waals surface area (Å²) >= 11 is 0. The Kier molecular flexibility index (Phi) is 5.96. The Balaban J connectivity index is 1.75. The molecule has 0 spiro atoms. The van der Waals surface area contributed by atoms with Crippen molar-refractivity contribution < 1.29 is 34.1 Å². The van der Waals surface area contributed by atoms with E-state index in [0.29, 0.717) is 30.8 Å². The molecule has 6 atom stereocenters. The van der Waals surface area contributed by atoms with Crippen molar-refractivity contribution in [1.82, 2.24) is 4.90 Å². The van der Waals surface area contributed by atoms with Crippen molar-refractivity contribution in [3.05, 3.63) is 47.3 Å². The third-order valence-electron chi connectivity index (χ3n) is 6.60. The molecule has 32 heavy (non-hydrogen) atoms. The van der Waals surface area contributed by atoms with E-state index in [2.05, 4.69) is 4.90 Å².